The molecule has 0 bridgehead atoms. The summed E-state index contributed by atoms with van der Waals surface area (Å²) in [5.41, 5.74) is 1.40. The van der Waals surface area contributed by atoms with Gasteiger partial charge in [-0.15, -0.1) is 0 Å². The molecule has 17 heavy (non-hydrogen) atoms. The van der Waals surface area contributed by atoms with Gasteiger partial charge in [0.2, 0.25) is 0 Å². The van der Waals surface area contributed by atoms with Crippen molar-refractivity contribution in [3.05, 3.63) is 35.9 Å². The van der Waals surface area contributed by atoms with E-state index in [9.17, 15) is 0 Å². The Kier molecular flexibility index (Phi) is 6.68. The van der Waals surface area contributed by atoms with Gasteiger partial charge in [0.25, 0.3) is 0 Å². The van der Waals surface area contributed by atoms with Gasteiger partial charge in [0.1, 0.15) is 0 Å². The SMILES string of the molecule is CCC(CSC)NC(c1ccccc1)C(C)C. The van der Waals surface area contributed by atoms with Gasteiger partial charge >= 0.3 is 0 Å². The Labute approximate surface area is 110 Å². The summed E-state index contributed by atoms with van der Waals surface area (Å²) >= 11 is 1.92. The van der Waals surface area contributed by atoms with Gasteiger partial charge in [0.05, 0.1) is 0 Å². The molecule has 0 spiro atoms. The van der Waals surface area contributed by atoms with Crippen LogP contribution < -0.4 is 5.32 Å². The fraction of sp³-hybridized carbons (Fsp3) is 0.600. The highest BCUT2D eigenvalue weighted by Gasteiger charge is 2.18. The largest absolute Gasteiger partial charge is 0.306 e. The summed E-state index contributed by atoms with van der Waals surface area (Å²) in [6, 6.07) is 11.9. The molecule has 96 valence electrons. The Hall–Kier alpha value is -0.470. The lowest BCUT2D eigenvalue weighted by Gasteiger charge is -2.28. The van der Waals surface area contributed by atoms with Crippen LogP contribution in [0.25, 0.3) is 0 Å². The van der Waals surface area contributed by atoms with Crippen molar-refractivity contribution in [2.75, 3.05) is 12.0 Å². The van der Waals surface area contributed by atoms with Gasteiger partial charge in [0.15, 0.2) is 0 Å². The van der Waals surface area contributed by atoms with Gasteiger partial charge in [-0.2, -0.15) is 11.8 Å². The maximum absolute atomic E-state index is 3.80. The first-order valence-corrected chi connectivity index (χ1v) is 7.88. The molecule has 0 saturated heterocycles. The van der Waals surface area contributed by atoms with Crippen LogP contribution in [0.15, 0.2) is 30.3 Å². The van der Waals surface area contributed by atoms with E-state index in [0.717, 1.165) is 0 Å². The van der Waals surface area contributed by atoms with Crippen LogP contribution in [0.5, 0.6) is 0 Å². The lowest BCUT2D eigenvalue weighted by Crippen LogP contribution is -2.36. The molecule has 2 heteroatoms. The minimum atomic E-state index is 0.466. The smallest absolute Gasteiger partial charge is 0.0346 e. The molecule has 1 rings (SSSR count). The number of rotatable bonds is 7. The van der Waals surface area contributed by atoms with Crippen molar-refractivity contribution in [1.82, 2.24) is 5.32 Å². The number of benzene rings is 1. The van der Waals surface area contributed by atoms with E-state index < -0.39 is 0 Å². The number of thioether (sulfide) groups is 1. The molecule has 0 aromatic heterocycles. The number of hydrogen-bond donors (Lipinski definition) is 1. The van der Waals surface area contributed by atoms with Crippen LogP contribution in [0.4, 0.5) is 0 Å². The zero-order chi connectivity index (χ0) is 12.7. The fourth-order valence-electron chi connectivity index (χ4n) is 2.07. The van der Waals surface area contributed by atoms with Crippen LogP contribution in [-0.2, 0) is 0 Å². The average Bonchev–Trinajstić information content (AvgIpc) is 2.35. The average molecular weight is 251 g/mol. The number of hydrogen-bond acceptors (Lipinski definition) is 2. The zero-order valence-corrected chi connectivity index (χ0v) is 12.3. The quantitative estimate of drug-likeness (QED) is 0.782. The highest BCUT2D eigenvalue weighted by Crippen LogP contribution is 2.22. The van der Waals surface area contributed by atoms with E-state index in [-0.39, 0.29) is 0 Å². The maximum Gasteiger partial charge on any atom is 0.0346 e. The Bertz CT molecular complexity index is 297. The van der Waals surface area contributed by atoms with Gasteiger partial charge in [-0.25, -0.2) is 0 Å². The minimum Gasteiger partial charge on any atom is -0.306 e. The molecule has 1 aromatic carbocycles. The molecule has 0 fully saturated rings. The van der Waals surface area contributed by atoms with E-state index in [1.54, 1.807) is 0 Å². The van der Waals surface area contributed by atoms with Crippen molar-refractivity contribution < 1.29 is 0 Å². The van der Waals surface area contributed by atoms with Crippen LogP contribution in [0, 0.1) is 5.92 Å². The lowest BCUT2D eigenvalue weighted by molar-refractivity contribution is 0.368. The first kappa shape index (κ1) is 14.6. The summed E-state index contributed by atoms with van der Waals surface area (Å²) in [6.07, 6.45) is 3.37. The summed E-state index contributed by atoms with van der Waals surface area (Å²) < 4.78 is 0. The van der Waals surface area contributed by atoms with Gasteiger partial charge < -0.3 is 5.32 Å². The summed E-state index contributed by atoms with van der Waals surface area (Å²) in [7, 11) is 0. The second-order valence-corrected chi connectivity index (χ2v) is 5.77. The molecule has 1 nitrogen and oxygen atoms in total. The van der Waals surface area contributed by atoms with E-state index >= 15 is 0 Å². The molecule has 1 aromatic rings. The van der Waals surface area contributed by atoms with E-state index in [1.165, 1.54) is 17.7 Å². The van der Waals surface area contributed by atoms with Crippen molar-refractivity contribution in [2.45, 2.75) is 39.3 Å². The Balaban J connectivity index is 2.73. The molecule has 0 aliphatic rings. The third-order valence-electron chi connectivity index (χ3n) is 3.10. The summed E-state index contributed by atoms with van der Waals surface area (Å²) in [6.45, 7) is 6.84. The highest BCUT2D eigenvalue weighted by atomic mass is 32.2. The lowest BCUT2D eigenvalue weighted by atomic mass is 9.95. The fourth-order valence-corrected chi connectivity index (χ4v) is 2.81. The van der Waals surface area contributed by atoms with Crippen molar-refractivity contribution >= 4 is 11.8 Å². The molecule has 2 unspecified atom stereocenters. The monoisotopic (exact) mass is 251 g/mol. The zero-order valence-electron chi connectivity index (χ0n) is 11.4. The van der Waals surface area contributed by atoms with Crippen molar-refractivity contribution in [1.29, 1.82) is 0 Å². The van der Waals surface area contributed by atoms with E-state index in [1.807, 2.05) is 11.8 Å². The van der Waals surface area contributed by atoms with Crippen molar-refractivity contribution in [3.63, 3.8) is 0 Å². The molecule has 0 saturated carbocycles. The van der Waals surface area contributed by atoms with Gasteiger partial charge in [-0.05, 0) is 24.2 Å². The van der Waals surface area contributed by atoms with Gasteiger partial charge in [0, 0.05) is 17.8 Å². The van der Waals surface area contributed by atoms with Crippen LogP contribution >= 0.6 is 11.8 Å². The van der Waals surface area contributed by atoms with Crippen molar-refractivity contribution in [2.24, 2.45) is 5.92 Å². The molecule has 0 amide bonds. The molecule has 0 aliphatic carbocycles. The van der Waals surface area contributed by atoms with Crippen molar-refractivity contribution in [3.8, 4) is 0 Å². The van der Waals surface area contributed by atoms with Gasteiger partial charge in [-0.1, -0.05) is 51.1 Å². The predicted molar refractivity (Wildman–Crippen MR) is 79.6 cm³/mol. The van der Waals surface area contributed by atoms with E-state index in [2.05, 4.69) is 62.7 Å². The minimum absolute atomic E-state index is 0.466. The van der Waals surface area contributed by atoms with Gasteiger partial charge in [-0.3, -0.25) is 0 Å². The summed E-state index contributed by atoms with van der Waals surface area (Å²) in [5.74, 6) is 1.81. The Morgan fingerprint density at radius 1 is 1.18 bits per heavy atom. The first-order valence-electron chi connectivity index (χ1n) is 6.49. The topological polar surface area (TPSA) is 12.0 Å². The Morgan fingerprint density at radius 2 is 1.82 bits per heavy atom. The second-order valence-electron chi connectivity index (χ2n) is 4.86. The second kappa shape index (κ2) is 7.78. The number of nitrogens with one attached hydrogen (secondary N) is 1. The summed E-state index contributed by atoms with van der Waals surface area (Å²) in [5, 5.41) is 3.80. The van der Waals surface area contributed by atoms with Crippen LogP contribution in [0.3, 0.4) is 0 Å². The molecule has 2 atom stereocenters. The normalized spacial score (nSPS) is 14.9. The van der Waals surface area contributed by atoms with Crippen LogP contribution in [0.2, 0.25) is 0 Å². The molecular formula is C15H25NS. The molecule has 0 radical (unpaired) electrons. The van der Waals surface area contributed by atoms with E-state index in [0.29, 0.717) is 18.0 Å². The first-order chi connectivity index (χ1) is 8.19. The molecule has 0 heterocycles. The molecule has 1 N–H and O–H groups in total. The maximum atomic E-state index is 3.80. The standard InChI is InChI=1S/C15H25NS/c1-5-14(11-17-4)16-15(12(2)3)13-9-7-6-8-10-13/h6-10,12,14-16H,5,11H2,1-4H3. The third kappa shape index (κ3) is 4.72. The predicted octanol–water partition coefficient (Wildman–Crippen LogP) is 4.11. The van der Waals surface area contributed by atoms with Crippen LogP contribution in [-0.4, -0.2) is 18.1 Å². The van der Waals surface area contributed by atoms with E-state index in [4.69, 9.17) is 0 Å². The third-order valence-corrected chi connectivity index (χ3v) is 3.84. The van der Waals surface area contributed by atoms with Crippen LogP contribution in [0.1, 0.15) is 38.8 Å². The summed E-state index contributed by atoms with van der Waals surface area (Å²) in [4.78, 5) is 0. The molecule has 0 aliphatic heterocycles. The molecular weight excluding hydrogens is 226 g/mol. The Morgan fingerprint density at radius 3 is 2.29 bits per heavy atom. The highest BCUT2D eigenvalue weighted by molar-refractivity contribution is 7.98.